The van der Waals surface area contributed by atoms with Crippen molar-refractivity contribution in [3.05, 3.63) is 72.3 Å². The zero-order chi connectivity index (χ0) is 25.2. The van der Waals surface area contributed by atoms with Gasteiger partial charge in [-0.25, -0.2) is 14.3 Å². The number of pyridine rings is 2. The van der Waals surface area contributed by atoms with Crippen molar-refractivity contribution in [1.29, 1.82) is 0 Å². The molecule has 0 spiro atoms. The molecule has 0 aliphatic carbocycles. The third kappa shape index (κ3) is 5.48. The molecule has 9 nitrogen and oxygen atoms in total. The average Bonchev–Trinajstić information content (AvgIpc) is 3.57. The van der Waals surface area contributed by atoms with Gasteiger partial charge in [0.2, 0.25) is 0 Å². The van der Waals surface area contributed by atoms with Crippen LogP contribution in [0, 0.1) is 6.92 Å². The lowest BCUT2D eigenvalue weighted by molar-refractivity contribution is -0.192. The van der Waals surface area contributed by atoms with Crippen molar-refractivity contribution in [3.8, 4) is 11.1 Å². The van der Waals surface area contributed by atoms with Crippen LogP contribution in [-0.2, 0) is 4.79 Å². The molecule has 0 bridgehead atoms. The highest BCUT2D eigenvalue weighted by molar-refractivity contribution is 5.91. The van der Waals surface area contributed by atoms with Crippen molar-refractivity contribution in [3.63, 3.8) is 0 Å². The Balaban J connectivity index is 0.000000364. The van der Waals surface area contributed by atoms with E-state index in [4.69, 9.17) is 14.3 Å². The Hall–Kier alpha value is -4.22. The van der Waals surface area contributed by atoms with Crippen molar-refractivity contribution in [2.24, 2.45) is 0 Å². The van der Waals surface area contributed by atoms with E-state index >= 15 is 0 Å². The first-order chi connectivity index (χ1) is 16.6. The second-order valence-electron chi connectivity index (χ2n) is 7.88. The number of hydrogen-bond acceptors (Lipinski definition) is 6. The van der Waals surface area contributed by atoms with Gasteiger partial charge >= 0.3 is 12.1 Å². The van der Waals surface area contributed by atoms with Gasteiger partial charge in [-0.2, -0.15) is 18.3 Å². The molecule has 5 heterocycles. The fourth-order valence-corrected chi connectivity index (χ4v) is 3.65. The van der Waals surface area contributed by atoms with Crippen LogP contribution in [0.15, 0.2) is 59.4 Å². The Morgan fingerprint density at radius 2 is 1.80 bits per heavy atom. The smallest absolute Gasteiger partial charge is 0.475 e. The number of carbonyl (C=O) groups excluding carboxylic acids is 1. The third-order valence-corrected chi connectivity index (χ3v) is 5.40. The molecule has 12 heteroatoms. The van der Waals surface area contributed by atoms with Crippen LogP contribution in [0.5, 0.6) is 0 Å². The Kier molecular flexibility index (Phi) is 6.54. The normalized spacial score (nSPS) is 15.7. The number of aliphatic carboxylic acids is 1. The molecular weight excluding hydrogens is 467 g/mol. The predicted molar refractivity (Wildman–Crippen MR) is 117 cm³/mol. The summed E-state index contributed by atoms with van der Waals surface area (Å²) in [7, 11) is 0. The molecule has 1 atom stereocenters. The van der Waals surface area contributed by atoms with Crippen LogP contribution in [0.3, 0.4) is 0 Å². The Morgan fingerprint density at radius 3 is 2.43 bits per heavy atom. The number of furan rings is 1. The maximum atomic E-state index is 12.6. The Bertz CT molecular complexity index is 1350. The maximum Gasteiger partial charge on any atom is 0.490 e. The highest BCUT2D eigenvalue weighted by atomic mass is 19.4. The number of amides is 1. The maximum absolute atomic E-state index is 12.6. The fourth-order valence-electron chi connectivity index (χ4n) is 3.65. The summed E-state index contributed by atoms with van der Waals surface area (Å²) < 4.78 is 39.0. The molecule has 0 radical (unpaired) electrons. The van der Waals surface area contributed by atoms with Crippen LogP contribution in [0.2, 0.25) is 0 Å². The monoisotopic (exact) mass is 487 g/mol. The number of carboxylic acid groups (broad SMARTS) is 1. The van der Waals surface area contributed by atoms with Crippen molar-refractivity contribution in [1.82, 2.24) is 24.5 Å². The fraction of sp³-hybridized carbons (Fsp3) is 0.261. The first-order valence-electron chi connectivity index (χ1n) is 10.5. The molecule has 1 fully saturated rings. The van der Waals surface area contributed by atoms with Gasteiger partial charge in [-0.3, -0.25) is 9.78 Å². The third-order valence-electron chi connectivity index (χ3n) is 5.40. The van der Waals surface area contributed by atoms with E-state index in [1.165, 1.54) is 0 Å². The molecule has 1 saturated heterocycles. The lowest BCUT2D eigenvalue weighted by Gasteiger charge is -2.13. The van der Waals surface area contributed by atoms with Gasteiger partial charge in [0, 0.05) is 43.2 Å². The number of carboxylic acids is 1. The van der Waals surface area contributed by atoms with Gasteiger partial charge < -0.3 is 14.4 Å². The number of rotatable bonds is 3. The second kappa shape index (κ2) is 9.57. The molecule has 0 saturated carbocycles. The van der Waals surface area contributed by atoms with Crippen LogP contribution in [-0.4, -0.2) is 60.7 Å². The SMILES string of the molecule is Cc1ccc(C(=O)N2CCC(c3nc4ccc(-c5ccncc5)cn4n3)C2)o1.O=C(O)C(F)(F)F. The number of nitrogens with zero attached hydrogens (tertiary/aromatic N) is 5. The van der Waals surface area contributed by atoms with Gasteiger partial charge in [-0.1, -0.05) is 0 Å². The Morgan fingerprint density at radius 1 is 1.09 bits per heavy atom. The van der Waals surface area contributed by atoms with E-state index in [-0.39, 0.29) is 11.8 Å². The van der Waals surface area contributed by atoms with E-state index < -0.39 is 12.1 Å². The molecule has 1 aliphatic heterocycles. The van der Waals surface area contributed by atoms with Crippen molar-refractivity contribution in [2.75, 3.05) is 13.1 Å². The quantitative estimate of drug-likeness (QED) is 0.465. The number of hydrogen-bond donors (Lipinski definition) is 1. The summed E-state index contributed by atoms with van der Waals surface area (Å²) in [5, 5.41) is 11.8. The van der Waals surface area contributed by atoms with Crippen LogP contribution in [0.25, 0.3) is 16.8 Å². The standard InChI is InChI=1S/C21H19N5O2.C2HF3O2/c1-14-2-4-18(28-14)21(27)25-11-8-17(12-25)20-23-19-5-3-16(13-26(19)24-20)15-6-9-22-10-7-15;3-2(4,5)1(6)7/h2-7,9-10,13,17H,8,11-12H2,1H3;(H,6,7). The number of aromatic nitrogens is 4. The summed E-state index contributed by atoms with van der Waals surface area (Å²) in [4.78, 5) is 32.0. The number of carbonyl (C=O) groups is 2. The molecule has 1 unspecified atom stereocenters. The van der Waals surface area contributed by atoms with Gasteiger partial charge in [0.15, 0.2) is 17.2 Å². The summed E-state index contributed by atoms with van der Waals surface area (Å²) in [6.07, 6.45) is 1.29. The number of fused-ring (bicyclic) bond motifs is 1. The molecule has 1 N–H and O–H groups in total. The van der Waals surface area contributed by atoms with Gasteiger partial charge in [0.1, 0.15) is 5.76 Å². The van der Waals surface area contributed by atoms with Gasteiger partial charge in [-0.15, -0.1) is 0 Å². The summed E-state index contributed by atoms with van der Waals surface area (Å²) >= 11 is 0. The summed E-state index contributed by atoms with van der Waals surface area (Å²) in [6, 6.07) is 11.5. The molecule has 4 aromatic heterocycles. The first kappa shape index (κ1) is 23.9. The van der Waals surface area contributed by atoms with Crippen molar-refractivity contribution >= 4 is 17.5 Å². The molecule has 4 aromatic rings. The summed E-state index contributed by atoms with van der Waals surface area (Å²) in [5.41, 5.74) is 2.95. The minimum Gasteiger partial charge on any atom is -0.475 e. The molecule has 182 valence electrons. The van der Waals surface area contributed by atoms with E-state index in [1.54, 1.807) is 18.5 Å². The van der Waals surface area contributed by atoms with Crippen molar-refractivity contribution < 1.29 is 32.3 Å². The highest BCUT2D eigenvalue weighted by Crippen LogP contribution is 2.27. The summed E-state index contributed by atoms with van der Waals surface area (Å²) in [5.74, 6) is -0.789. The first-order valence-corrected chi connectivity index (χ1v) is 10.5. The average molecular weight is 487 g/mol. The minimum absolute atomic E-state index is 0.0701. The van der Waals surface area contributed by atoms with E-state index in [9.17, 15) is 18.0 Å². The largest absolute Gasteiger partial charge is 0.490 e. The lowest BCUT2D eigenvalue weighted by atomic mass is 10.1. The van der Waals surface area contributed by atoms with Crippen LogP contribution < -0.4 is 0 Å². The topological polar surface area (TPSA) is 114 Å². The van der Waals surface area contributed by atoms with Gasteiger partial charge in [-0.05, 0) is 55.3 Å². The lowest BCUT2D eigenvalue weighted by Crippen LogP contribution is -2.28. The zero-order valence-corrected chi connectivity index (χ0v) is 18.4. The van der Waals surface area contributed by atoms with Gasteiger partial charge in [0.25, 0.3) is 5.91 Å². The molecule has 35 heavy (non-hydrogen) atoms. The molecular formula is C23H20F3N5O4. The molecule has 5 rings (SSSR count). The van der Waals surface area contributed by atoms with E-state index in [2.05, 4.69) is 15.1 Å². The predicted octanol–water partition coefficient (Wildman–Crippen LogP) is 3.96. The molecule has 1 aliphatic rings. The number of alkyl halides is 3. The molecule has 1 amide bonds. The number of likely N-dealkylation sites (tertiary alicyclic amines) is 1. The van der Waals surface area contributed by atoms with Crippen molar-refractivity contribution in [2.45, 2.75) is 25.4 Å². The highest BCUT2D eigenvalue weighted by Gasteiger charge is 2.38. The van der Waals surface area contributed by atoms with E-state index in [0.29, 0.717) is 18.8 Å². The number of aryl methyl sites for hydroxylation is 1. The van der Waals surface area contributed by atoms with Crippen LogP contribution in [0.4, 0.5) is 13.2 Å². The number of halogens is 3. The molecule has 0 aromatic carbocycles. The van der Waals surface area contributed by atoms with Crippen LogP contribution >= 0.6 is 0 Å². The van der Waals surface area contributed by atoms with E-state index in [0.717, 1.165) is 34.8 Å². The second-order valence-corrected chi connectivity index (χ2v) is 7.88. The van der Waals surface area contributed by atoms with Crippen LogP contribution in [0.1, 0.15) is 34.5 Å². The zero-order valence-electron chi connectivity index (χ0n) is 18.4. The minimum atomic E-state index is -5.08. The van der Waals surface area contributed by atoms with E-state index in [1.807, 2.05) is 52.9 Å². The van der Waals surface area contributed by atoms with Gasteiger partial charge in [0.05, 0.1) is 0 Å². The summed E-state index contributed by atoms with van der Waals surface area (Å²) in [6.45, 7) is 3.12. The Labute approximate surface area is 196 Å².